The van der Waals surface area contributed by atoms with Gasteiger partial charge >= 0.3 is 5.69 Å². The van der Waals surface area contributed by atoms with Crippen molar-refractivity contribution in [3.8, 4) is 5.75 Å². The van der Waals surface area contributed by atoms with Gasteiger partial charge in [-0.2, -0.15) is 0 Å². The van der Waals surface area contributed by atoms with Gasteiger partial charge in [0.1, 0.15) is 0 Å². The van der Waals surface area contributed by atoms with E-state index in [-0.39, 0.29) is 5.56 Å². The van der Waals surface area contributed by atoms with Gasteiger partial charge in [-0.3, -0.25) is 14.9 Å². The fourth-order valence-corrected chi connectivity index (χ4v) is 2.03. The van der Waals surface area contributed by atoms with Crippen LogP contribution >= 0.6 is 15.9 Å². The van der Waals surface area contributed by atoms with E-state index in [2.05, 4.69) is 21.2 Å². The molecule has 0 aliphatic rings. The normalized spacial score (nSPS) is 10.2. The van der Waals surface area contributed by atoms with Gasteiger partial charge in [0.05, 0.1) is 10.5 Å². The number of halogens is 1. The number of nitrogens with one attached hydrogen (secondary N) is 1. The summed E-state index contributed by atoms with van der Waals surface area (Å²) in [5.74, 6) is -1.26. The maximum absolute atomic E-state index is 12.1. The minimum absolute atomic E-state index is 0.148. The maximum Gasteiger partial charge on any atom is 0.311 e. The largest absolute Gasteiger partial charge is 0.502 e. The second-order valence-electron chi connectivity index (χ2n) is 4.35. The minimum atomic E-state index is -0.740. The number of benzene rings is 2. The molecule has 0 aromatic heterocycles. The molecule has 0 radical (unpaired) electrons. The molecule has 108 valence electrons. The summed E-state index contributed by atoms with van der Waals surface area (Å²) in [5.41, 5.74) is 0.807. The summed E-state index contributed by atoms with van der Waals surface area (Å²) in [6.07, 6.45) is 0. The number of aryl methyl sites for hydroxylation is 1. The third-order valence-electron chi connectivity index (χ3n) is 2.87. The zero-order valence-corrected chi connectivity index (χ0v) is 12.5. The van der Waals surface area contributed by atoms with Crippen molar-refractivity contribution in [3.63, 3.8) is 0 Å². The fourth-order valence-electron chi connectivity index (χ4n) is 1.78. The van der Waals surface area contributed by atoms with Gasteiger partial charge in [0.2, 0.25) is 5.75 Å². The van der Waals surface area contributed by atoms with Crippen molar-refractivity contribution in [2.75, 3.05) is 5.32 Å². The molecule has 2 aromatic carbocycles. The van der Waals surface area contributed by atoms with Crippen LogP contribution in [0.25, 0.3) is 0 Å². The molecule has 2 rings (SSSR count). The van der Waals surface area contributed by atoms with Gasteiger partial charge in [-0.15, -0.1) is 0 Å². The van der Waals surface area contributed by atoms with Crippen LogP contribution in [0, 0.1) is 17.0 Å². The Kier molecular flexibility index (Phi) is 4.23. The molecule has 0 fully saturated rings. The lowest BCUT2D eigenvalue weighted by Gasteiger charge is -2.08. The number of para-hydroxylation sites is 1. The Morgan fingerprint density at radius 2 is 2.05 bits per heavy atom. The van der Waals surface area contributed by atoms with E-state index in [0.29, 0.717) is 5.69 Å². The van der Waals surface area contributed by atoms with Gasteiger partial charge in [0.15, 0.2) is 0 Å². The first-order valence-corrected chi connectivity index (χ1v) is 6.73. The summed E-state index contributed by atoms with van der Waals surface area (Å²) in [6, 6.07) is 9.01. The van der Waals surface area contributed by atoms with E-state index in [0.717, 1.165) is 16.1 Å². The Hall–Kier alpha value is -2.41. The van der Waals surface area contributed by atoms with Crippen molar-refractivity contribution >= 4 is 33.2 Å². The number of nitrogens with zero attached hydrogens (tertiary/aromatic N) is 1. The number of hydrogen-bond donors (Lipinski definition) is 2. The molecule has 7 heteroatoms. The number of amides is 1. The van der Waals surface area contributed by atoms with Crippen LogP contribution in [-0.4, -0.2) is 15.9 Å². The number of phenolic OH excluding ortho intramolecular Hbond substituents is 1. The van der Waals surface area contributed by atoms with Crippen LogP contribution in [0.2, 0.25) is 0 Å². The first kappa shape index (κ1) is 15.0. The smallest absolute Gasteiger partial charge is 0.311 e. The number of nitro benzene ring substituents is 1. The molecule has 0 saturated carbocycles. The van der Waals surface area contributed by atoms with Gasteiger partial charge in [-0.1, -0.05) is 22.0 Å². The highest BCUT2D eigenvalue weighted by Crippen LogP contribution is 2.30. The molecule has 0 unspecified atom stereocenters. The molecule has 0 aliphatic carbocycles. The average Bonchev–Trinajstić information content (AvgIpc) is 2.42. The Balaban J connectivity index is 2.30. The highest BCUT2D eigenvalue weighted by atomic mass is 79.9. The quantitative estimate of drug-likeness (QED) is 0.652. The Bertz CT molecular complexity index is 731. The number of anilines is 1. The molecule has 0 heterocycles. The lowest BCUT2D eigenvalue weighted by atomic mass is 10.1. The standard InChI is InChI=1S/C14H11BrN2O4/c1-8-7-9(5-6-11(8)15)16-14(19)10-3-2-4-12(13(10)18)17(20)21/h2-7,18H,1H3,(H,16,19). The SMILES string of the molecule is Cc1cc(NC(=O)c2cccc([N+](=O)[O-])c2O)ccc1Br. The van der Waals surface area contributed by atoms with Gasteiger partial charge < -0.3 is 10.4 Å². The van der Waals surface area contributed by atoms with Crippen molar-refractivity contribution < 1.29 is 14.8 Å². The Labute approximate surface area is 128 Å². The number of carbonyl (C=O) groups excluding carboxylic acids is 1. The molecule has 0 saturated heterocycles. The molecule has 0 bridgehead atoms. The lowest BCUT2D eigenvalue weighted by Crippen LogP contribution is -2.12. The summed E-state index contributed by atoms with van der Waals surface area (Å²) in [7, 11) is 0. The van der Waals surface area contributed by atoms with Crippen LogP contribution in [0.15, 0.2) is 40.9 Å². The summed E-state index contributed by atoms with van der Waals surface area (Å²) in [5, 5.41) is 23.1. The fraction of sp³-hybridized carbons (Fsp3) is 0.0714. The van der Waals surface area contributed by atoms with Crippen LogP contribution in [-0.2, 0) is 0 Å². The molecule has 1 amide bonds. The molecule has 0 aliphatic heterocycles. The highest BCUT2D eigenvalue weighted by Gasteiger charge is 2.20. The number of rotatable bonds is 3. The van der Waals surface area contributed by atoms with Crippen LogP contribution < -0.4 is 5.32 Å². The molecular weight excluding hydrogens is 340 g/mol. The number of hydrogen-bond acceptors (Lipinski definition) is 4. The molecule has 6 nitrogen and oxygen atoms in total. The summed E-state index contributed by atoms with van der Waals surface area (Å²) < 4.78 is 0.902. The zero-order valence-electron chi connectivity index (χ0n) is 11.0. The lowest BCUT2D eigenvalue weighted by molar-refractivity contribution is -0.385. The molecule has 0 atom stereocenters. The van der Waals surface area contributed by atoms with E-state index < -0.39 is 22.3 Å². The molecule has 2 N–H and O–H groups in total. The van der Waals surface area contributed by atoms with E-state index >= 15 is 0 Å². The van der Waals surface area contributed by atoms with Gasteiger partial charge in [0.25, 0.3) is 5.91 Å². The predicted molar refractivity (Wildman–Crippen MR) is 81.6 cm³/mol. The monoisotopic (exact) mass is 350 g/mol. The van der Waals surface area contributed by atoms with Gasteiger partial charge in [0, 0.05) is 16.2 Å². The van der Waals surface area contributed by atoms with Crippen molar-refractivity contribution in [1.29, 1.82) is 0 Å². The van der Waals surface area contributed by atoms with Crippen LogP contribution in [0.3, 0.4) is 0 Å². The predicted octanol–water partition coefficient (Wildman–Crippen LogP) is 3.62. The number of nitro groups is 1. The van der Waals surface area contributed by atoms with Gasteiger partial charge in [-0.05, 0) is 36.8 Å². The number of carbonyl (C=O) groups is 1. The Morgan fingerprint density at radius 1 is 1.33 bits per heavy atom. The molecule has 0 spiro atoms. The van der Waals surface area contributed by atoms with Crippen LogP contribution in [0.4, 0.5) is 11.4 Å². The second-order valence-corrected chi connectivity index (χ2v) is 5.20. The van der Waals surface area contributed by atoms with Crippen LogP contribution in [0.5, 0.6) is 5.75 Å². The molecule has 2 aromatic rings. The topological polar surface area (TPSA) is 92.5 Å². The average molecular weight is 351 g/mol. The number of aromatic hydroxyl groups is 1. The zero-order chi connectivity index (χ0) is 15.6. The minimum Gasteiger partial charge on any atom is -0.502 e. The Morgan fingerprint density at radius 3 is 2.67 bits per heavy atom. The van der Waals surface area contributed by atoms with E-state index in [1.165, 1.54) is 12.1 Å². The first-order valence-electron chi connectivity index (χ1n) is 5.94. The summed E-state index contributed by atoms with van der Waals surface area (Å²) in [4.78, 5) is 22.1. The number of phenols is 1. The summed E-state index contributed by atoms with van der Waals surface area (Å²) in [6.45, 7) is 1.87. The maximum atomic E-state index is 12.1. The van der Waals surface area contributed by atoms with Crippen molar-refractivity contribution in [1.82, 2.24) is 0 Å². The van der Waals surface area contributed by atoms with Crippen molar-refractivity contribution in [3.05, 3.63) is 62.1 Å². The third-order valence-corrected chi connectivity index (χ3v) is 3.76. The molecular formula is C14H11BrN2O4. The molecule has 21 heavy (non-hydrogen) atoms. The van der Waals surface area contributed by atoms with E-state index in [1.54, 1.807) is 18.2 Å². The highest BCUT2D eigenvalue weighted by molar-refractivity contribution is 9.10. The van der Waals surface area contributed by atoms with Gasteiger partial charge in [-0.25, -0.2) is 0 Å². The van der Waals surface area contributed by atoms with Crippen LogP contribution in [0.1, 0.15) is 15.9 Å². The van der Waals surface area contributed by atoms with E-state index in [9.17, 15) is 20.0 Å². The second kappa shape index (κ2) is 5.92. The summed E-state index contributed by atoms with van der Waals surface area (Å²) >= 11 is 3.35. The van der Waals surface area contributed by atoms with Crippen molar-refractivity contribution in [2.24, 2.45) is 0 Å². The third kappa shape index (κ3) is 3.19. The van der Waals surface area contributed by atoms with Crippen molar-refractivity contribution in [2.45, 2.75) is 6.92 Å². The van der Waals surface area contributed by atoms with E-state index in [4.69, 9.17) is 0 Å². The first-order chi connectivity index (χ1) is 9.90. The van der Waals surface area contributed by atoms with E-state index in [1.807, 2.05) is 6.92 Å².